The molecule has 0 bridgehead atoms. The predicted molar refractivity (Wildman–Crippen MR) is 90.7 cm³/mol. The minimum Gasteiger partial charge on any atom is -0.352 e. The van der Waals surface area contributed by atoms with Gasteiger partial charge in [0, 0.05) is 12.1 Å². The van der Waals surface area contributed by atoms with E-state index in [1.54, 1.807) is 44.2 Å². The van der Waals surface area contributed by atoms with Crippen LogP contribution in [0.3, 0.4) is 0 Å². The van der Waals surface area contributed by atoms with E-state index in [-0.39, 0.29) is 29.6 Å². The van der Waals surface area contributed by atoms with Gasteiger partial charge in [-0.25, -0.2) is 12.8 Å². The molecule has 0 heterocycles. The number of carbonyl (C=O) groups is 1. The maximum Gasteiger partial charge on any atom is 0.224 e. The zero-order valence-corrected chi connectivity index (χ0v) is 14.4. The van der Waals surface area contributed by atoms with E-state index in [1.165, 1.54) is 18.2 Å². The SMILES string of the molecule is CC(C)S(=O)(=O)c1ccc(CC(=O)NCc2ccccc2F)cc1. The summed E-state index contributed by atoms with van der Waals surface area (Å²) < 4.78 is 37.6. The number of amides is 1. The molecule has 1 amide bonds. The molecular weight excluding hydrogens is 329 g/mol. The van der Waals surface area contributed by atoms with Gasteiger partial charge in [-0.05, 0) is 37.6 Å². The first kappa shape index (κ1) is 18.1. The van der Waals surface area contributed by atoms with Gasteiger partial charge in [-0.3, -0.25) is 4.79 Å². The van der Waals surface area contributed by atoms with Gasteiger partial charge in [0.15, 0.2) is 9.84 Å². The molecule has 0 aromatic heterocycles. The summed E-state index contributed by atoms with van der Waals surface area (Å²) in [7, 11) is -3.32. The molecule has 0 aliphatic rings. The summed E-state index contributed by atoms with van der Waals surface area (Å²) >= 11 is 0. The third-order valence-electron chi connectivity index (χ3n) is 3.67. The quantitative estimate of drug-likeness (QED) is 0.872. The minimum atomic E-state index is -3.32. The molecule has 0 fully saturated rings. The maximum atomic E-state index is 13.5. The fraction of sp³-hybridized carbons (Fsp3) is 0.278. The third-order valence-corrected chi connectivity index (χ3v) is 5.84. The molecule has 0 saturated carbocycles. The van der Waals surface area contributed by atoms with E-state index in [2.05, 4.69) is 5.32 Å². The second-order valence-electron chi connectivity index (χ2n) is 5.78. The zero-order valence-electron chi connectivity index (χ0n) is 13.6. The van der Waals surface area contributed by atoms with Crippen molar-refractivity contribution in [2.24, 2.45) is 0 Å². The topological polar surface area (TPSA) is 63.2 Å². The number of carbonyl (C=O) groups excluding carboxylic acids is 1. The van der Waals surface area contributed by atoms with Gasteiger partial charge < -0.3 is 5.32 Å². The Morgan fingerprint density at radius 1 is 1.08 bits per heavy atom. The van der Waals surface area contributed by atoms with Crippen LogP contribution in [-0.2, 0) is 27.6 Å². The lowest BCUT2D eigenvalue weighted by atomic mass is 10.1. The van der Waals surface area contributed by atoms with Crippen molar-refractivity contribution in [2.75, 3.05) is 0 Å². The minimum absolute atomic E-state index is 0.108. The van der Waals surface area contributed by atoms with E-state index in [9.17, 15) is 17.6 Å². The zero-order chi connectivity index (χ0) is 17.7. The van der Waals surface area contributed by atoms with E-state index in [1.807, 2.05) is 0 Å². The van der Waals surface area contributed by atoms with Gasteiger partial charge in [0.1, 0.15) is 5.82 Å². The maximum absolute atomic E-state index is 13.5. The molecule has 4 nitrogen and oxygen atoms in total. The van der Waals surface area contributed by atoms with E-state index in [0.717, 1.165) is 0 Å². The number of benzene rings is 2. The van der Waals surface area contributed by atoms with E-state index >= 15 is 0 Å². The Hall–Kier alpha value is -2.21. The summed E-state index contributed by atoms with van der Waals surface area (Å²) in [5.41, 5.74) is 1.12. The normalized spacial score (nSPS) is 11.5. The first-order chi connectivity index (χ1) is 11.3. The highest BCUT2D eigenvalue weighted by molar-refractivity contribution is 7.92. The fourth-order valence-corrected chi connectivity index (χ4v) is 3.21. The molecule has 1 N–H and O–H groups in total. The fourth-order valence-electron chi connectivity index (χ4n) is 2.15. The Morgan fingerprint density at radius 2 is 1.71 bits per heavy atom. The average molecular weight is 349 g/mol. The van der Waals surface area contributed by atoms with E-state index in [4.69, 9.17) is 0 Å². The average Bonchev–Trinajstić information content (AvgIpc) is 2.54. The lowest BCUT2D eigenvalue weighted by molar-refractivity contribution is -0.120. The molecule has 0 unspecified atom stereocenters. The smallest absolute Gasteiger partial charge is 0.224 e. The molecule has 0 radical (unpaired) electrons. The van der Waals surface area contributed by atoms with Crippen molar-refractivity contribution in [1.82, 2.24) is 5.32 Å². The van der Waals surface area contributed by atoms with Crippen LogP contribution in [0.15, 0.2) is 53.4 Å². The standard InChI is InChI=1S/C18H20FNO3S/c1-13(2)24(22,23)16-9-7-14(8-10-16)11-18(21)20-12-15-5-3-4-6-17(15)19/h3-10,13H,11-12H2,1-2H3,(H,20,21). The van der Waals surface area contributed by atoms with Gasteiger partial charge in [-0.1, -0.05) is 30.3 Å². The van der Waals surface area contributed by atoms with Crippen molar-refractivity contribution >= 4 is 15.7 Å². The number of rotatable bonds is 6. The van der Waals surface area contributed by atoms with Gasteiger partial charge >= 0.3 is 0 Å². The number of hydrogen-bond donors (Lipinski definition) is 1. The lowest BCUT2D eigenvalue weighted by Gasteiger charge is -2.09. The van der Waals surface area contributed by atoms with Crippen LogP contribution >= 0.6 is 0 Å². The molecular formula is C18H20FNO3S. The van der Waals surface area contributed by atoms with Crippen molar-refractivity contribution in [3.05, 3.63) is 65.5 Å². The highest BCUT2D eigenvalue weighted by atomic mass is 32.2. The summed E-state index contributed by atoms with van der Waals surface area (Å²) in [6, 6.07) is 12.5. The molecule has 0 aliphatic carbocycles. The van der Waals surface area contributed by atoms with Crippen LogP contribution in [0, 0.1) is 5.82 Å². The van der Waals surface area contributed by atoms with Crippen LogP contribution in [0.25, 0.3) is 0 Å². The number of sulfone groups is 1. The molecule has 2 aromatic carbocycles. The molecule has 0 aliphatic heterocycles. The summed E-state index contributed by atoms with van der Waals surface area (Å²) in [6.07, 6.45) is 0.108. The molecule has 2 aromatic rings. The van der Waals surface area contributed by atoms with Crippen LogP contribution < -0.4 is 5.32 Å². The van der Waals surface area contributed by atoms with Crippen molar-refractivity contribution in [2.45, 2.75) is 37.0 Å². The Bertz CT molecular complexity index is 814. The van der Waals surface area contributed by atoms with E-state index < -0.39 is 15.1 Å². The molecule has 0 atom stereocenters. The first-order valence-electron chi connectivity index (χ1n) is 7.63. The van der Waals surface area contributed by atoms with Gasteiger partial charge in [-0.2, -0.15) is 0 Å². The van der Waals surface area contributed by atoms with Crippen LogP contribution in [0.2, 0.25) is 0 Å². The van der Waals surface area contributed by atoms with Gasteiger partial charge in [0.05, 0.1) is 16.6 Å². The molecule has 0 spiro atoms. The third kappa shape index (κ3) is 4.41. The molecule has 128 valence electrons. The summed E-state index contributed by atoms with van der Waals surface area (Å²) in [5.74, 6) is -0.612. The Morgan fingerprint density at radius 3 is 2.29 bits per heavy atom. The van der Waals surface area contributed by atoms with Gasteiger partial charge in [0.2, 0.25) is 5.91 Å². The predicted octanol–water partition coefficient (Wildman–Crippen LogP) is 2.87. The summed E-state index contributed by atoms with van der Waals surface area (Å²) in [4.78, 5) is 12.2. The number of halogens is 1. The largest absolute Gasteiger partial charge is 0.352 e. The van der Waals surface area contributed by atoms with Crippen LogP contribution in [0.4, 0.5) is 4.39 Å². The molecule has 24 heavy (non-hydrogen) atoms. The Balaban J connectivity index is 1.96. The van der Waals surface area contributed by atoms with Crippen LogP contribution in [0.5, 0.6) is 0 Å². The van der Waals surface area contributed by atoms with E-state index in [0.29, 0.717) is 11.1 Å². The summed E-state index contributed by atoms with van der Waals surface area (Å²) in [6.45, 7) is 3.37. The molecule has 0 saturated heterocycles. The second kappa shape index (κ2) is 7.57. The highest BCUT2D eigenvalue weighted by Crippen LogP contribution is 2.16. The van der Waals surface area contributed by atoms with Gasteiger partial charge in [0.25, 0.3) is 0 Å². The first-order valence-corrected chi connectivity index (χ1v) is 9.18. The van der Waals surface area contributed by atoms with Gasteiger partial charge in [-0.15, -0.1) is 0 Å². The van der Waals surface area contributed by atoms with Crippen molar-refractivity contribution < 1.29 is 17.6 Å². The van der Waals surface area contributed by atoms with Crippen LogP contribution in [0.1, 0.15) is 25.0 Å². The number of nitrogens with one attached hydrogen (secondary N) is 1. The molecule has 2 rings (SSSR count). The number of hydrogen-bond acceptors (Lipinski definition) is 3. The van der Waals surface area contributed by atoms with Crippen LogP contribution in [-0.4, -0.2) is 19.6 Å². The van der Waals surface area contributed by atoms with Crippen molar-refractivity contribution in [3.8, 4) is 0 Å². The highest BCUT2D eigenvalue weighted by Gasteiger charge is 2.18. The second-order valence-corrected chi connectivity index (χ2v) is 8.29. The molecule has 6 heteroatoms. The summed E-state index contributed by atoms with van der Waals surface area (Å²) in [5, 5.41) is 2.16. The van der Waals surface area contributed by atoms with Crippen molar-refractivity contribution in [1.29, 1.82) is 0 Å². The monoisotopic (exact) mass is 349 g/mol. The van der Waals surface area contributed by atoms with Crippen molar-refractivity contribution in [3.63, 3.8) is 0 Å². The Kier molecular flexibility index (Phi) is 5.72. The Labute approximate surface area is 141 Å². The lowest BCUT2D eigenvalue weighted by Crippen LogP contribution is -2.25.